The molecule has 0 aliphatic rings. The van der Waals surface area contributed by atoms with Gasteiger partial charge in [0.2, 0.25) is 17.7 Å². The molecule has 3 amide bonds. The number of aromatic amines is 1. The fourth-order valence-electron chi connectivity index (χ4n) is 4.37. The number of nitrogens with zero attached hydrogens (tertiary/aromatic N) is 1. The Morgan fingerprint density at radius 3 is 2.31 bits per heavy atom. The average molecular weight is 579 g/mol. The quantitative estimate of drug-likeness (QED) is 0.0542. The van der Waals surface area contributed by atoms with E-state index < -0.39 is 41.8 Å². The number of amides is 3. The highest BCUT2D eigenvalue weighted by atomic mass is 16.5. The highest BCUT2D eigenvalue weighted by molar-refractivity contribution is 5.94. The van der Waals surface area contributed by atoms with Crippen LogP contribution in [0, 0.1) is 0 Å². The van der Waals surface area contributed by atoms with E-state index in [1.807, 2.05) is 54.6 Å². The first kappa shape index (κ1) is 31.6. The number of hydrogen-bond acceptors (Lipinski definition) is 7. The van der Waals surface area contributed by atoms with Crippen molar-refractivity contribution in [3.63, 3.8) is 0 Å². The van der Waals surface area contributed by atoms with Crippen LogP contribution in [0.15, 0.2) is 65.8 Å². The zero-order chi connectivity index (χ0) is 30.5. The number of hydrogen-bond donors (Lipinski definition) is 7. The first-order valence-corrected chi connectivity index (χ1v) is 13.5. The van der Waals surface area contributed by atoms with Gasteiger partial charge in [-0.2, -0.15) is 0 Å². The molecule has 0 spiro atoms. The van der Waals surface area contributed by atoms with Gasteiger partial charge in [0.25, 0.3) is 0 Å². The largest absolute Gasteiger partial charge is 0.468 e. The predicted molar refractivity (Wildman–Crippen MR) is 159 cm³/mol. The molecule has 0 unspecified atom stereocenters. The van der Waals surface area contributed by atoms with Crippen molar-refractivity contribution in [3.05, 3.63) is 71.9 Å². The second-order valence-electron chi connectivity index (χ2n) is 9.72. The number of methoxy groups -OCH3 is 1. The molecule has 13 nitrogen and oxygen atoms in total. The van der Waals surface area contributed by atoms with E-state index in [0.717, 1.165) is 22.0 Å². The average Bonchev–Trinajstić information content (AvgIpc) is 3.39. The molecule has 10 N–H and O–H groups in total. The van der Waals surface area contributed by atoms with Gasteiger partial charge >= 0.3 is 5.97 Å². The second kappa shape index (κ2) is 15.8. The Balaban J connectivity index is 1.78. The number of nitrogens with one attached hydrogen (secondary N) is 4. The number of aliphatic imine (C=N–C) groups is 1. The van der Waals surface area contributed by atoms with Gasteiger partial charge in [-0.3, -0.25) is 24.2 Å². The minimum absolute atomic E-state index is 0.0917. The molecule has 0 fully saturated rings. The van der Waals surface area contributed by atoms with Gasteiger partial charge < -0.3 is 42.9 Å². The third-order valence-electron chi connectivity index (χ3n) is 6.58. The molecule has 0 aliphatic heterocycles. The topological polar surface area (TPSA) is 220 Å². The van der Waals surface area contributed by atoms with E-state index in [-0.39, 0.29) is 38.3 Å². The van der Waals surface area contributed by atoms with E-state index in [9.17, 15) is 19.2 Å². The van der Waals surface area contributed by atoms with Gasteiger partial charge in [0.15, 0.2) is 5.96 Å². The number of esters is 1. The zero-order valence-corrected chi connectivity index (χ0v) is 23.5. The van der Waals surface area contributed by atoms with Crippen molar-refractivity contribution < 1.29 is 23.9 Å². The zero-order valence-electron chi connectivity index (χ0n) is 23.5. The maximum absolute atomic E-state index is 13.6. The molecule has 0 saturated carbocycles. The van der Waals surface area contributed by atoms with Crippen molar-refractivity contribution >= 4 is 40.6 Å². The van der Waals surface area contributed by atoms with E-state index in [4.69, 9.17) is 17.2 Å². The first-order valence-electron chi connectivity index (χ1n) is 13.5. The number of nitrogens with two attached hydrogens (primary N) is 3. The van der Waals surface area contributed by atoms with Crippen LogP contribution in [0.1, 0.15) is 24.0 Å². The summed E-state index contributed by atoms with van der Waals surface area (Å²) in [5, 5.41) is 8.84. The van der Waals surface area contributed by atoms with Crippen molar-refractivity contribution in [2.45, 2.75) is 43.8 Å². The van der Waals surface area contributed by atoms with Gasteiger partial charge in [0.05, 0.1) is 13.2 Å². The molecule has 3 atom stereocenters. The summed E-state index contributed by atoms with van der Waals surface area (Å²) in [4.78, 5) is 58.5. The van der Waals surface area contributed by atoms with Crippen LogP contribution in [-0.2, 0) is 36.8 Å². The maximum Gasteiger partial charge on any atom is 0.325 e. The number of H-pyrrole nitrogens is 1. The molecule has 0 radical (unpaired) electrons. The van der Waals surface area contributed by atoms with Crippen molar-refractivity contribution in [3.8, 4) is 0 Å². The van der Waals surface area contributed by atoms with E-state index in [1.54, 1.807) is 6.20 Å². The lowest BCUT2D eigenvalue weighted by atomic mass is 10.0. The number of fused-ring (bicyclic) bond motifs is 1. The Hall–Kier alpha value is -4.91. The number of aromatic nitrogens is 1. The smallest absolute Gasteiger partial charge is 0.325 e. The molecule has 0 saturated heterocycles. The lowest BCUT2D eigenvalue weighted by Gasteiger charge is -2.24. The summed E-state index contributed by atoms with van der Waals surface area (Å²) in [5.74, 6) is -2.45. The lowest BCUT2D eigenvalue weighted by molar-refractivity contribution is -0.141. The summed E-state index contributed by atoms with van der Waals surface area (Å²) >= 11 is 0. The van der Waals surface area contributed by atoms with Gasteiger partial charge in [-0.1, -0.05) is 48.5 Å². The molecule has 0 aliphatic carbocycles. The number of guanidine groups is 1. The van der Waals surface area contributed by atoms with Gasteiger partial charge in [-0.15, -0.1) is 0 Å². The minimum atomic E-state index is -1.07. The fourth-order valence-corrected chi connectivity index (χ4v) is 4.37. The van der Waals surface area contributed by atoms with Gasteiger partial charge in [0.1, 0.15) is 18.6 Å². The number of carbonyl (C=O) groups is 4. The van der Waals surface area contributed by atoms with E-state index in [0.29, 0.717) is 6.42 Å². The molecule has 1 aromatic heterocycles. The molecular weight excluding hydrogens is 540 g/mol. The number of rotatable bonds is 15. The van der Waals surface area contributed by atoms with Crippen molar-refractivity contribution in [2.75, 3.05) is 20.2 Å². The van der Waals surface area contributed by atoms with Gasteiger partial charge in [-0.25, -0.2) is 0 Å². The molecule has 0 bridgehead atoms. The molecule has 13 heteroatoms. The summed E-state index contributed by atoms with van der Waals surface area (Å²) in [5.41, 5.74) is 19.5. The summed E-state index contributed by atoms with van der Waals surface area (Å²) in [6, 6.07) is 13.8. The lowest BCUT2D eigenvalue weighted by Crippen LogP contribution is -2.56. The Labute approximate surface area is 243 Å². The normalized spacial score (nSPS) is 12.9. The standard InChI is InChI=1S/C29H38N8O5/c1-42-25(38)17-35-27(40)24(15-19-16-34-22-11-6-5-10-20(19)22)37-28(41)23(12-7-13-33-29(31)32)36-26(39)21(30)14-18-8-3-2-4-9-18/h2-6,8-11,16,21,23-24,34H,7,12-15,17,30H2,1H3,(H,35,40)(H,36,39)(H,37,41)(H4,31,32,33)/t21-,23-,24-/m0/s1. The summed E-state index contributed by atoms with van der Waals surface area (Å²) in [7, 11) is 1.21. The van der Waals surface area contributed by atoms with Crippen LogP contribution in [0.2, 0.25) is 0 Å². The number of benzene rings is 2. The fraction of sp³-hybridized carbons (Fsp3) is 0.345. The van der Waals surface area contributed by atoms with Crippen LogP contribution in [0.4, 0.5) is 0 Å². The van der Waals surface area contributed by atoms with Crippen molar-refractivity contribution in [1.82, 2.24) is 20.9 Å². The molecule has 3 rings (SSSR count). The second-order valence-corrected chi connectivity index (χ2v) is 9.72. The highest BCUT2D eigenvalue weighted by Gasteiger charge is 2.29. The van der Waals surface area contributed by atoms with Crippen molar-refractivity contribution in [1.29, 1.82) is 0 Å². The molecule has 3 aromatic rings. The van der Waals surface area contributed by atoms with E-state index in [2.05, 4.69) is 30.7 Å². The molecule has 2 aromatic carbocycles. The van der Waals surface area contributed by atoms with Gasteiger partial charge in [0, 0.05) is 30.1 Å². The number of ether oxygens (including phenoxy) is 1. The summed E-state index contributed by atoms with van der Waals surface area (Å²) in [6.07, 6.45) is 2.69. The highest BCUT2D eigenvalue weighted by Crippen LogP contribution is 2.19. The van der Waals surface area contributed by atoms with E-state index in [1.165, 1.54) is 7.11 Å². The number of para-hydroxylation sites is 1. The SMILES string of the molecule is COC(=O)CNC(=O)[C@H](Cc1c[nH]c2ccccc12)NC(=O)[C@H](CCCN=C(N)N)NC(=O)[C@@H](N)Cc1ccccc1. The summed E-state index contributed by atoms with van der Waals surface area (Å²) in [6.45, 7) is -0.140. The Kier molecular flexibility index (Phi) is 11.9. The van der Waals surface area contributed by atoms with Crippen LogP contribution in [0.25, 0.3) is 10.9 Å². The minimum Gasteiger partial charge on any atom is -0.468 e. The van der Waals surface area contributed by atoms with Crippen LogP contribution in [0.5, 0.6) is 0 Å². The summed E-state index contributed by atoms with van der Waals surface area (Å²) < 4.78 is 4.61. The third-order valence-corrected chi connectivity index (χ3v) is 6.58. The van der Waals surface area contributed by atoms with Crippen LogP contribution in [-0.4, -0.2) is 73.0 Å². The van der Waals surface area contributed by atoms with Gasteiger partial charge in [-0.05, 0) is 36.5 Å². The first-order chi connectivity index (χ1) is 20.2. The maximum atomic E-state index is 13.6. The Bertz CT molecular complexity index is 1390. The third kappa shape index (κ3) is 9.63. The van der Waals surface area contributed by atoms with Crippen molar-refractivity contribution in [2.24, 2.45) is 22.2 Å². The molecule has 1 heterocycles. The molecule has 42 heavy (non-hydrogen) atoms. The number of carbonyl (C=O) groups excluding carboxylic acids is 4. The van der Waals surface area contributed by atoms with Crippen LogP contribution in [0.3, 0.4) is 0 Å². The van der Waals surface area contributed by atoms with Crippen LogP contribution < -0.4 is 33.2 Å². The van der Waals surface area contributed by atoms with E-state index >= 15 is 0 Å². The predicted octanol–water partition coefficient (Wildman–Crippen LogP) is -0.407. The molecule has 224 valence electrons. The molecular formula is C29H38N8O5. The Morgan fingerprint density at radius 1 is 0.905 bits per heavy atom. The van der Waals surface area contributed by atoms with Crippen LogP contribution >= 0.6 is 0 Å². The Morgan fingerprint density at radius 2 is 1.60 bits per heavy atom. The monoisotopic (exact) mass is 578 g/mol.